The van der Waals surface area contributed by atoms with Gasteiger partial charge >= 0.3 is 21.2 Å². The predicted molar refractivity (Wildman–Crippen MR) is 97.0 cm³/mol. The summed E-state index contributed by atoms with van der Waals surface area (Å²) in [5.41, 5.74) is 4.83. The van der Waals surface area contributed by atoms with E-state index < -0.39 is 63.4 Å². The number of hydrogen-bond donors (Lipinski definition) is 8. The SMILES string of the molecule is NC(CCC(=O)CNC(=O)c1ccccc1C(=O)O)C(O)(P(=O)(O)O)P(=O)(O)O. The third-order valence-corrected chi connectivity index (χ3v) is 7.88. The monoisotopic (exact) mass is 454 g/mol. The third-order valence-electron chi connectivity index (χ3n) is 3.94. The lowest BCUT2D eigenvalue weighted by atomic mass is 10.1. The Balaban J connectivity index is 2.75. The normalized spacial score (nSPS) is 13.6. The fourth-order valence-corrected chi connectivity index (χ4v) is 4.82. The van der Waals surface area contributed by atoms with Gasteiger partial charge in [0.25, 0.3) is 11.0 Å². The van der Waals surface area contributed by atoms with E-state index in [2.05, 4.69) is 5.32 Å². The number of aliphatic hydroxyl groups is 1. The second kappa shape index (κ2) is 9.24. The molecule has 1 rings (SSSR count). The summed E-state index contributed by atoms with van der Waals surface area (Å²) in [4.78, 5) is 71.3. The Hall–Kier alpha value is -1.95. The Morgan fingerprint density at radius 3 is 1.97 bits per heavy atom. The summed E-state index contributed by atoms with van der Waals surface area (Å²) >= 11 is 0. The number of ketones is 1. The molecule has 0 heterocycles. The summed E-state index contributed by atoms with van der Waals surface area (Å²) in [5.74, 6) is -2.98. The number of Topliss-reactive ketones (excluding diaryl/α,β-unsaturated/α-hetero) is 1. The molecule has 9 N–H and O–H groups in total. The van der Waals surface area contributed by atoms with Crippen LogP contribution in [-0.2, 0) is 13.9 Å². The molecule has 0 aromatic heterocycles. The van der Waals surface area contributed by atoms with Crippen molar-refractivity contribution in [2.45, 2.75) is 24.0 Å². The van der Waals surface area contributed by atoms with E-state index in [1.807, 2.05) is 0 Å². The fraction of sp³-hybridized carbons (Fsp3) is 0.357. The number of carboxylic acid groups (broad SMARTS) is 1. The first-order valence-corrected chi connectivity index (χ1v) is 11.1. The lowest BCUT2D eigenvalue weighted by molar-refractivity contribution is -0.118. The molecular formula is C14H20N2O11P2. The highest BCUT2D eigenvalue weighted by Gasteiger charge is 2.63. The maximum Gasteiger partial charge on any atom is 0.371 e. The van der Waals surface area contributed by atoms with Crippen LogP contribution in [0.25, 0.3) is 0 Å². The van der Waals surface area contributed by atoms with Crippen LogP contribution >= 0.6 is 15.2 Å². The number of carboxylic acids is 1. The topological polar surface area (TPSA) is 245 Å². The molecule has 1 aromatic rings. The fourth-order valence-electron chi connectivity index (χ4n) is 2.34. The minimum absolute atomic E-state index is 0.207. The first kappa shape index (κ1) is 25.1. The third kappa shape index (κ3) is 5.78. The van der Waals surface area contributed by atoms with Crippen molar-refractivity contribution >= 4 is 32.9 Å². The number of nitrogens with two attached hydrogens (primary N) is 1. The Bertz CT molecular complexity index is 869. The number of nitrogens with one attached hydrogen (secondary N) is 1. The van der Waals surface area contributed by atoms with E-state index >= 15 is 0 Å². The lowest BCUT2D eigenvalue weighted by Crippen LogP contribution is -2.47. The number of carbonyl (C=O) groups excluding carboxylic acids is 2. The zero-order valence-electron chi connectivity index (χ0n) is 14.7. The average Bonchev–Trinajstić information content (AvgIpc) is 2.61. The molecule has 0 aliphatic carbocycles. The molecule has 29 heavy (non-hydrogen) atoms. The first-order valence-electron chi connectivity index (χ1n) is 7.84. The van der Waals surface area contributed by atoms with Gasteiger partial charge in [0.2, 0.25) is 0 Å². The van der Waals surface area contributed by atoms with Gasteiger partial charge in [-0.25, -0.2) is 4.79 Å². The molecule has 0 fully saturated rings. The average molecular weight is 454 g/mol. The van der Waals surface area contributed by atoms with Crippen molar-refractivity contribution in [2.24, 2.45) is 5.73 Å². The summed E-state index contributed by atoms with van der Waals surface area (Å²) in [6.07, 6.45) is -1.31. The van der Waals surface area contributed by atoms with Crippen molar-refractivity contribution in [3.8, 4) is 0 Å². The first-order chi connectivity index (χ1) is 13.1. The smallest absolute Gasteiger partial charge is 0.371 e. The van der Waals surface area contributed by atoms with Crippen LogP contribution in [-0.4, -0.2) is 65.1 Å². The molecule has 1 unspecified atom stereocenters. The van der Waals surface area contributed by atoms with Gasteiger partial charge in [0.15, 0.2) is 5.78 Å². The maximum atomic E-state index is 12.0. The highest BCUT2D eigenvalue weighted by atomic mass is 31.2. The van der Waals surface area contributed by atoms with Crippen LogP contribution in [0.4, 0.5) is 0 Å². The van der Waals surface area contributed by atoms with Crippen molar-refractivity contribution in [3.63, 3.8) is 0 Å². The van der Waals surface area contributed by atoms with Crippen molar-refractivity contribution in [3.05, 3.63) is 35.4 Å². The molecule has 162 valence electrons. The molecule has 1 amide bonds. The predicted octanol–water partition coefficient (Wildman–Crippen LogP) is -1.21. The molecule has 0 bridgehead atoms. The van der Waals surface area contributed by atoms with Crippen molar-refractivity contribution in [1.29, 1.82) is 0 Å². The molecule has 0 aliphatic heterocycles. The summed E-state index contributed by atoms with van der Waals surface area (Å²) < 4.78 is 22.7. The van der Waals surface area contributed by atoms with Gasteiger partial charge in [0, 0.05) is 6.42 Å². The number of amides is 1. The molecule has 0 saturated carbocycles. The van der Waals surface area contributed by atoms with E-state index in [1.54, 1.807) is 0 Å². The lowest BCUT2D eigenvalue weighted by Gasteiger charge is -2.34. The molecule has 0 saturated heterocycles. The summed E-state index contributed by atoms with van der Waals surface area (Å²) in [6, 6.07) is 3.06. The van der Waals surface area contributed by atoms with Crippen molar-refractivity contribution in [2.75, 3.05) is 6.54 Å². The summed E-state index contributed by atoms with van der Waals surface area (Å²) in [5, 5.41) is 17.1. The molecule has 13 nitrogen and oxygen atoms in total. The van der Waals surface area contributed by atoms with E-state index in [4.69, 9.17) is 30.4 Å². The number of carbonyl (C=O) groups is 3. The van der Waals surface area contributed by atoms with Gasteiger partial charge in [0.05, 0.1) is 23.7 Å². The van der Waals surface area contributed by atoms with Crippen LogP contribution in [0.5, 0.6) is 0 Å². The van der Waals surface area contributed by atoms with Crippen LogP contribution in [0.15, 0.2) is 24.3 Å². The summed E-state index contributed by atoms with van der Waals surface area (Å²) in [6.45, 7) is -0.621. The highest BCUT2D eigenvalue weighted by Crippen LogP contribution is 2.68. The highest BCUT2D eigenvalue weighted by molar-refractivity contribution is 7.72. The Morgan fingerprint density at radius 2 is 1.52 bits per heavy atom. The standard InChI is InChI=1S/C14H20N2O11P2/c15-11(14(21,28(22,23)24)29(25,26)27)6-5-8(17)7-16-12(18)9-3-1-2-4-10(9)13(19)20/h1-4,11,21H,5-7,15H2,(H,16,18)(H,19,20)(H2,22,23,24)(H2,25,26,27). The van der Waals surface area contributed by atoms with Gasteiger partial charge in [-0.05, 0) is 18.6 Å². The van der Waals surface area contributed by atoms with E-state index in [9.17, 15) is 28.6 Å². The zero-order valence-corrected chi connectivity index (χ0v) is 16.5. The van der Waals surface area contributed by atoms with Gasteiger partial charge in [-0.3, -0.25) is 18.7 Å². The van der Waals surface area contributed by atoms with Gasteiger partial charge in [-0.1, -0.05) is 12.1 Å². The molecule has 1 aromatic carbocycles. The number of rotatable bonds is 10. The Labute approximate surface area is 163 Å². The summed E-state index contributed by atoms with van der Waals surface area (Å²) in [7, 11) is -11.6. The Morgan fingerprint density at radius 1 is 1.03 bits per heavy atom. The van der Waals surface area contributed by atoms with E-state index in [0.29, 0.717) is 0 Å². The number of aromatic carboxylic acids is 1. The molecular weight excluding hydrogens is 434 g/mol. The van der Waals surface area contributed by atoms with Crippen LogP contribution in [0, 0.1) is 0 Å². The largest absolute Gasteiger partial charge is 0.478 e. The van der Waals surface area contributed by atoms with Crippen LogP contribution < -0.4 is 11.1 Å². The van der Waals surface area contributed by atoms with Gasteiger partial charge < -0.3 is 40.8 Å². The van der Waals surface area contributed by atoms with Crippen molar-refractivity contribution < 1.29 is 53.3 Å². The van der Waals surface area contributed by atoms with E-state index in [0.717, 1.165) is 0 Å². The van der Waals surface area contributed by atoms with E-state index in [1.165, 1.54) is 24.3 Å². The van der Waals surface area contributed by atoms with Gasteiger partial charge in [-0.2, -0.15) is 0 Å². The molecule has 0 radical (unpaired) electrons. The number of benzene rings is 1. The van der Waals surface area contributed by atoms with Gasteiger partial charge in [-0.15, -0.1) is 0 Å². The van der Waals surface area contributed by atoms with Crippen LogP contribution in [0.2, 0.25) is 0 Å². The maximum absolute atomic E-state index is 12.0. The molecule has 0 spiro atoms. The molecule has 15 heteroatoms. The van der Waals surface area contributed by atoms with Gasteiger partial charge in [0.1, 0.15) is 0 Å². The molecule has 0 aliphatic rings. The zero-order chi connectivity index (χ0) is 22.6. The number of hydrogen-bond acceptors (Lipinski definition) is 7. The minimum atomic E-state index is -5.78. The second-order valence-electron chi connectivity index (χ2n) is 5.99. The minimum Gasteiger partial charge on any atom is -0.478 e. The quantitative estimate of drug-likeness (QED) is 0.194. The van der Waals surface area contributed by atoms with E-state index in [-0.39, 0.29) is 11.1 Å². The second-order valence-corrected chi connectivity index (χ2v) is 9.89. The van der Waals surface area contributed by atoms with Crippen molar-refractivity contribution in [1.82, 2.24) is 5.32 Å². The molecule has 1 atom stereocenters. The van der Waals surface area contributed by atoms with Crippen LogP contribution in [0.1, 0.15) is 33.6 Å². The Kier molecular flexibility index (Phi) is 8.00. The van der Waals surface area contributed by atoms with Crippen LogP contribution in [0.3, 0.4) is 0 Å².